The van der Waals surface area contributed by atoms with Gasteiger partial charge in [-0.25, -0.2) is 0 Å². The molecule has 0 radical (unpaired) electrons. The first-order valence-corrected chi connectivity index (χ1v) is 5.90. The van der Waals surface area contributed by atoms with Crippen molar-refractivity contribution in [1.82, 2.24) is 0 Å². The molecule has 0 N–H and O–H groups in total. The predicted octanol–water partition coefficient (Wildman–Crippen LogP) is 3.65. The molecule has 14 heavy (non-hydrogen) atoms. The van der Waals surface area contributed by atoms with E-state index in [1.165, 1.54) is 0 Å². The molecule has 0 aliphatic rings. The minimum atomic E-state index is 0.0599. The van der Waals surface area contributed by atoms with Gasteiger partial charge in [-0.15, -0.1) is 5.92 Å². The second kappa shape index (κ2) is 5.52. The molecule has 0 aliphatic heterocycles. The van der Waals surface area contributed by atoms with Crippen LogP contribution in [-0.4, -0.2) is 5.78 Å². The van der Waals surface area contributed by atoms with Gasteiger partial charge in [0.1, 0.15) is 0 Å². The van der Waals surface area contributed by atoms with Gasteiger partial charge in [0.05, 0.1) is 6.42 Å². The summed E-state index contributed by atoms with van der Waals surface area (Å²) in [5.41, 5.74) is 0.708. The number of hydrogen-bond donors (Lipinski definition) is 0. The topological polar surface area (TPSA) is 17.1 Å². The third-order valence-corrected chi connectivity index (χ3v) is 3.02. The van der Waals surface area contributed by atoms with Crippen LogP contribution >= 0.6 is 38.5 Å². The Kier molecular flexibility index (Phi) is 4.63. The average Bonchev–Trinajstić information content (AvgIpc) is 2.18. The van der Waals surface area contributed by atoms with Crippen LogP contribution < -0.4 is 0 Å². The lowest BCUT2D eigenvalue weighted by Crippen LogP contribution is -1.99. The molecule has 0 unspecified atom stereocenters. The number of Topliss-reactive ketones (excluding diaryl/α,β-unsaturated/α-hetero) is 1. The number of halogens is 2. The summed E-state index contributed by atoms with van der Waals surface area (Å²) in [7, 11) is 0. The van der Waals surface area contributed by atoms with E-state index in [2.05, 4.69) is 50.4 Å². The molecule has 0 bridgehead atoms. The van der Waals surface area contributed by atoms with Gasteiger partial charge in [-0.05, 0) is 47.7 Å². The number of carbonyl (C=O) groups excluding carboxylic acids is 1. The van der Waals surface area contributed by atoms with Crippen molar-refractivity contribution in [3.63, 3.8) is 0 Å². The van der Waals surface area contributed by atoms with E-state index in [4.69, 9.17) is 0 Å². The molecule has 1 rings (SSSR count). The van der Waals surface area contributed by atoms with Crippen LogP contribution in [0.5, 0.6) is 0 Å². The largest absolute Gasteiger partial charge is 0.293 e. The highest BCUT2D eigenvalue weighted by molar-refractivity contribution is 14.1. The van der Waals surface area contributed by atoms with Crippen LogP contribution in [0.2, 0.25) is 0 Å². The third kappa shape index (κ3) is 3.10. The minimum absolute atomic E-state index is 0.0599. The van der Waals surface area contributed by atoms with Crippen molar-refractivity contribution in [1.29, 1.82) is 0 Å². The Labute approximate surface area is 106 Å². The summed E-state index contributed by atoms with van der Waals surface area (Å²) in [5, 5.41) is 0. The Hall–Kier alpha value is -0.340. The third-order valence-electron chi connectivity index (χ3n) is 1.65. The van der Waals surface area contributed by atoms with Crippen molar-refractivity contribution in [2.24, 2.45) is 0 Å². The lowest BCUT2D eigenvalue weighted by molar-refractivity contribution is 0.0997. The first-order chi connectivity index (χ1) is 6.65. The smallest absolute Gasteiger partial charge is 0.175 e. The van der Waals surface area contributed by atoms with Crippen molar-refractivity contribution in [2.45, 2.75) is 13.3 Å². The van der Waals surface area contributed by atoms with Crippen LogP contribution in [0.25, 0.3) is 0 Å². The van der Waals surface area contributed by atoms with E-state index < -0.39 is 0 Å². The second-order valence-corrected chi connectivity index (χ2v) is 4.75. The van der Waals surface area contributed by atoms with E-state index in [9.17, 15) is 4.79 Å². The predicted molar refractivity (Wildman–Crippen MR) is 69.3 cm³/mol. The van der Waals surface area contributed by atoms with Gasteiger partial charge < -0.3 is 0 Å². The van der Waals surface area contributed by atoms with Crippen LogP contribution in [0.1, 0.15) is 23.7 Å². The SMILES string of the molecule is CC#CCC(=O)c1cc(I)ccc1Br. The molecule has 0 aromatic heterocycles. The Morgan fingerprint density at radius 1 is 1.57 bits per heavy atom. The molecule has 0 atom stereocenters. The van der Waals surface area contributed by atoms with Crippen molar-refractivity contribution in [3.8, 4) is 11.8 Å². The molecule has 0 spiro atoms. The van der Waals surface area contributed by atoms with Gasteiger partial charge in [0.25, 0.3) is 0 Å². The lowest BCUT2D eigenvalue weighted by atomic mass is 10.1. The monoisotopic (exact) mass is 362 g/mol. The summed E-state index contributed by atoms with van der Waals surface area (Å²) in [6, 6.07) is 5.70. The molecular formula is C11H8BrIO. The molecule has 1 aromatic rings. The van der Waals surface area contributed by atoms with Crippen molar-refractivity contribution in [2.75, 3.05) is 0 Å². The molecule has 3 heteroatoms. The zero-order valence-corrected chi connectivity index (χ0v) is 11.3. The molecule has 0 saturated carbocycles. The Bertz CT molecular complexity index is 415. The Balaban J connectivity index is 2.98. The number of hydrogen-bond acceptors (Lipinski definition) is 1. The molecule has 1 aromatic carbocycles. The lowest BCUT2D eigenvalue weighted by Gasteiger charge is -2.01. The summed E-state index contributed by atoms with van der Waals surface area (Å²) in [6.07, 6.45) is 0.287. The molecule has 72 valence electrons. The first kappa shape index (κ1) is 11.7. The van der Waals surface area contributed by atoms with Crippen molar-refractivity contribution >= 4 is 44.3 Å². The Morgan fingerprint density at radius 2 is 2.29 bits per heavy atom. The van der Waals surface area contributed by atoms with Crippen LogP contribution in [0.15, 0.2) is 22.7 Å². The fraction of sp³-hybridized carbons (Fsp3) is 0.182. The summed E-state index contributed by atoms with van der Waals surface area (Å²) >= 11 is 5.53. The van der Waals surface area contributed by atoms with Crippen LogP contribution in [-0.2, 0) is 0 Å². The number of rotatable bonds is 2. The molecule has 0 aliphatic carbocycles. The maximum absolute atomic E-state index is 11.6. The van der Waals surface area contributed by atoms with E-state index in [-0.39, 0.29) is 12.2 Å². The fourth-order valence-corrected chi connectivity index (χ4v) is 1.93. The zero-order chi connectivity index (χ0) is 10.6. The van der Waals surface area contributed by atoms with Gasteiger partial charge in [0, 0.05) is 13.6 Å². The van der Waals surface area contributed by atoms with E-state index in [1.54, 1.807) is 6.92 Å². The maximum atomic E-state index is 11.6. The average molecular weight is 363 g/mol. The minimum Gasteiger partial charge on any atom is -0.293 e. The summed E-state index contributed by atoms with van der Waals surface area (Å²) in [6.45, 7) is 1.73. The van der Waals surface area contributed by atoms with Crippen LogP contribution in [0, 0.1) is 15.4 Å². The van der Waals surface area contributed by atoms with E-state index in [1.807, 2.05) is 18.2 Å². The standard InChI is InChI=1S/C11H8BrIO/c1-2-3-4-11(14)9-7-8(13)5-6-10(9)12/h5-7H,4H2,1H3. The van der Waals surface area contributed by atoms with Gasteiger partial charge in [0.15, 0.2) is 5.78 Å². The quantitative estimate of drug-likeness (QED) is 0.446. The first-order valence-electron chi connectivity index (χ1n) is 4.03. The normalized spacial score (nSPS) is 9.07. The highest BCUT2D eigenvalue weighted by Crippen LogP contribution is 2.20. The molecule has 1 nitrogen and oxygen atoms in total. The van der Waals surface area contributed by atoms with Gasteiger partial charge in [-0.2, -0.15) is 0 Å². The Morgan fingerprint density at radius 3 is 2.93 bits per heavy atom. The number of benzene rings is 1. The van der Waals surface area contributed by atoms with Gasteiger partial charge >= 0.3 is 0 Å². The number of ketones is 1. The van der Waals surface area contributed by atoms with E-state index in [0.29, 0.717) is 5.56 Å². The highest BCUT2D eigenvalue weighted by Gasteiger charge is 2.08. The molecule has 0 saturated heterocycles. The van der Waals surface area contributed by atoms with Crippen molar-refractivity contribution in [3.05, 3.63) is 31.8 Å². The van der Waals surface area contributed by atoms with Gasteiger partial charge in [-0.1, -0.05) is 21.9 Å². The van der Waals surface area contributed by atoms with E-state index in [0.717, 1.165) is 8.04 Å². The molecule has 0 amide bonds. The van der Waals surface area contributed by atoms with Gasteiger partial charge in [-0.3, -0.25) is 4.79 Å². The van der Waals surface area contributed by atoms with Crippen LogP contribution in [0.3, 0.4) is 0 Å². The summed E-state index contributed by atoms with van der Waals surface area (Å²) in [4.78, 5) is 11.6. The maximum Gasteiger partial charge on any atom is 0.175 e. The summed E-state index contributed by atoms with van der Waals surface area (Å²) in [5.74, 6) is 5.54. The van der Waals surface area contributed by atoms with Gasteiger partial charge in [0.2, 0.25) is 0 Å². The number of carbonyl (C=O) groups is 1. The molecule has 0 fully saturated rings. The second-order valence-electron chi connectivity index (χ2n) is 2.65. The van der Waals surface area contributed by atoms with Crippen LogP contribution in [0.4, 0.5) is 0 Å². The highest BCUT2D eigenvalue weighted by atomic mass is 127. The van der Waals surface area contributed by atoms with Crippen molar-refractivity contribution < 1.29 is 4.79 Å². The molecule has 0 heterocycles. The fourth-order valence-electron chi connectivity index (χ4n) is 0.975. The zero-order valence-electron chi connectivity index (χ0n) is 7.60. The molecular weight excluding hydrogens is 355 g/mol. The van der Waals surface area contributed by atoms with E-state index >= 15 is 0 Å². The summed E-state index contributed by atoms with van der Waals surface area (Å²) < 4.78 is 1.89.